The normalized spacial score (nSPS) is 27.7. The minimum atomic E-state index is -0.386. The zero-order valence-electron chi connectivity index (χ0n) is 12.9. The molecule has 3 rings (SSSR count). The lowest BCUT2D eigenvalue weighted by molar-refractivity contribution is -0.109. The Labute approximate surface area is 126 Å². The molecule has 0 spiro atoms. The minimum Gasteiger partial charge on any atom is -0.485 e. The van der Waals surface area contributed by atoms with Gasteiger partial charge in [-0.1, -0.05) is 0 Å². The molecule has 2 aliphatic heterocycles. The van der Waals surface area contributed by atoms with Crippen molar-refractivity contribution in [3.05, 3.63) is 29.3 Å². The number of likely N-dealkylation sites (tertiary alicyclic amines) is 1. The van der Waals surface area contributed by atoms with Crippen molar-refractivity contribution in [3.63, 3.8) is 0 Å². The summed E-state index contributed by atoms with van der Waals surface area (Å²) in [6, 6.07) is 8.09. The molecule has 1 saturated heterocycles. The number of hydrogen-bond acceptors (Lipinski definition) is 4. The zero-order chi connectivity index (χ0) is 15.0. The zero-order valence-corrected chi connectivity index (χ0v) is 12.9. The summed E-state index contributed by atoms with van der Waals surface area (Å²) in [6.07, 6.45) is 2.40. The van der Waals surface area contributed by atoms with Crippen LogP contribution in [0.3, 0.4) is 0 Å². The van der Waals surface area contributed by atoms with Gasteiger partial charge >= 0.3 is 0 Å². The van der Waals surface area contributed by atoms with Crippen LogP contribution in [0.5, 0.6) is 5.75 Å². The van der Waals surface area contributed by atoms with E-state index in [9.17, 15) is 5.26 Å². The van der Waals surface area contributed by atoms with Gasteiger partial charge in [0, 0.05) is 12.7 Å². The van der Waals surface area contributed by atoms with Crippen LogP contribution in [0.25, 0.3) is 0 Å². The topological polar surface area (TPSA) is 45.5 Å². The maximum Gasteiger partial charge on any atom is 0.131 e. The van der Waals surface area contributed by atoms with Crippen LogP contribution in [0, 0.1) is 11.3 Å². The van der Waals surface area contributed by atoms with Crippen molar-refractivity contribution in [2.45, 2.75) is 44.4 Å². The van der Waals surface area contributed by atoms with E-state index in [0.717, 1.165) is 24.4 Å². The molecular weight excluding hydrogens is 264 g/mol. The summed E-state index contributed by atoms with van der Waals surface area (Å²) in [6.45, 7) is 6.31. The average molecular weight is 286 g/mol. The fourth-order valence-corrected chi connectivity index (χ4v) is 3.65. The monoisotopic (exact) mass is 286 g/mol. The molecule has 1 aromatic rings. The largest absolute Gasteiger partial charge is 0.485 e. The van der Waals surface area contributed by atoms with Crippen molar-refractivity contribution in [3.8, 4) is 11.8 Å². The van der Waals surface area contributed by atoms with Crippen LogP contribution in [0.15, 0.2) is 18.2 Å². The van der Waals surface area contributed by atoms with Gasteiger partial charge in [-0.05, 0) is 58.0 Å². The highest BCUT2D eigenvalue weighted by Gasteiger charge is 2.47. The Morgan fingerprint density at radius 3 is 2.67 bits per heavy atom. The van der Waals surface area contributed by atoms with Crippen LogP contribution < -0.4 is 4.74 Å². The van der Waals surface area contributed by atoms with Crippen LogP contribution in [-0.4, -0.2) is 36.8 Å². The third-order valence-electron chi connectivity index (χ3n) is 4.59. The molecule has 0 N–H and O–H groups in total. The number of benzene rings is 1. The van der Waals surface area contributed by atoms with Crippen LogP contribution >= 0.6 is 0 Å². The van der Waals surface area contributed by atoms with E-state index in [1.54, 1.807) is 7.11 Å². The molecule has 21 heavy (non-hydrogen) atoms. The number of nitrogens with zero attached hydrogens (tertiary/aromatic N) is 2. The van der Waals surface area contributed by atoms with Crippen LogP contribution in [0.1, 0.15) is 43.9 Å². The van der Waals surface area contributed by atoms with Crippen molar-refractivity contribution < 1.29 is 9.47 Å². The van der Waals surface area contributed by atoms with Gasteiger partial charge in [-0.25, -0.2) is 0 Å². The molecule has 2 aliphatic rings. The van der Waals surface area contributed by atoms with Crippen molar-refractivity contribution in [1.82, 2.24) is 4.90 Å². The van der Waals surface area contributed by atoms with E-state index in [1.165, 1.54) is 12.8 Å². The Morgan fingerprint density at radius 1 is 1.33 bits per heavy atom. The molecule has 0 radical (unpaired) electrons. The molecule has 2 heterocycles. The summed E-state index contributed by atoms with van der Waals surface area (Å²) in [5.41, 5.74) is 1.38. The smallest absolute Gasteiger partial charge is 0.131 e. The number of fused-ring (bicyclic) bond motifs is 1. The molecule has 112 valence electrons. The Kier molecular flexibility index (Phi) is 3.64. The molecule has 1 fully saturated rings. The predicted octanol–water partition coefficient (Wildman–Crippen LogP) is 2.88. The van der Waals surface area contributed by atoms with Crippen molar-refractivity contribution >= 4 is 0 Å². The molecule has 0 unspecified atom stereocenters. The molecule has 2 atom stereocenters. The Balaban J connectivity index is 2.10. The van der Waals surface area contributed by atoms with Gasteiger partial charge in [0.25, 0.3) is 0 Å². The predicted molar refractivity (Wildman–Crippen MR) is 80.2 cm³/mol. The summed E-state index contributed by atoms with van der Waals surface area (Å²) in [4.78, 5) is 2.47. The minimum absolute atomic E-state index is 0.0444. The van der Waals surface area contributed by atoms with Crippen LogP contribution in [0.4, 0.5) is 0 Å². The van der Waals surface area contributed by atoms with Gasteiger partial charge in [0.05, 0.1) is 17.7 Å². The molecule has 0 aliphatic carbocycles. The number of methoxy groups -OCH3 is 1. The van der Waals surface area contributed by atoms with Crippen LogP contribution in [0.2, 0.25) is 0 Å². The first-order valence-corrected chi connectivity index (χ1v) is 7.57. The van der Waals surface area contributed by atoms with Gasteiger partial charge in [0.2, 0.25) is 0 Å². The van der Waals surface area contributed by atoms with E-state index in [-0.39, 0.29) is 17.7 Å². The Bertz CT molecular complexity index is 571. The molecule has 0 bridgehead atoms. The first kappa shape index (κ1) is 14.4. The summed E-state index contributed by atoms with van der Waals surface area (Å²) in [5.74, 6) is 0.879. The van der Waals surface area contributed by atoms with Gasteiger partial charge in [-0.15, -0.1) is 0 Å². The summed E-state index contributed by atoms with van der Waals surface area (Å²) in [7, 11) is 1.75. The number of rotatable bonds is 2. The average Bonchev–Trinajstić information content (AvgIpc) is 2.98. The van der Waals surface area contributed by atoms with E-state index in [1.807, 2.05) is 18.2 Å². The summed E-state index contributed by atoms with van der Waals surface area (Å²) >= 11 is 0. The van der Waals surface area contributed by atoms with Gasteiger partial charge < -0.3 is 9.47 Å². The van der Waals surface area contributed by atoms with Gasteiger partial charge in [0.15, 0.2) is 0 Å². The van der Waals surface area contributed by atoms with Crippen LogP contribution in [-0.2, 0) is 4.74 Å². The summed E-state index contributed by atoms with van der Waals surface area (Å²) < 4.78 is 12.0. The fraction of sp³-hybridized carbons (Fsp3) is 0.588. The standard InChI is InChI=1S/C17H22N2O2/c1-17(2)16(20-3)15(19-8-4-5-9-19)13-10-12(11-18)6-7-14(13)21-17/h6-7,10,15-16H,4-5,8-9H2,1-3H3/t15-,16+/m1/s1. The van der Waals surface area contributed by atoms with Gasteiger partial charge in [-0.2, -0.15) is 5.26 Å². The second-order valence-corrected chi connectivity index (χ2v) is 6.41. The van der Waals surface area contributed by atoms with E-state index >= 15 is 0 Å². The van der Waals surface area contributed by atoms with E-state index in [4.69, 9.17) is 9.47 Å². The second-order valence-electron chi connectivity index (χ2n) is 6.41. The van der Waals surface area contributed by atoms with Gasteiger partial charge in [-0.3, -0.25) is 4.90 Å². The summed E-state index contributed by atoms with van der Waals surface area (Å²) in [5, 5.41) is 9.18. The molecule has 4 nitrogen and oxygen atoms in total. The third-order valence-corrected chi connectivity index (χ3v) is 4.59. The molecule has 0 amide bonds. The molecule has 4 heteroatoms. The Hall–Kier alpha value is -1.57. The molecule has 0 saturated carbocycles. The SMILES string of the molecule is CO[C@H]1[C@H](N2CCCC2)c2cc(C#N)ccc2OC1(C)C. The van der Waals surface area contributed by atoms with E-state index in [2.05, 4.69) is 24.8 Å². The van der Waals surface area contributed by atoms with E-state index in [0.29, 0.717) is 5.56 Å². The third kappa shape index (κ3) is 2.41. The second kappa shape index (κ2) is 5.32. The highest BCUT2D eigenvalue weighted by atomic mass is 16.6. The van der Waals surface area contributed by atoms with E-state index < -0.39 is 0 Å². The lowest BCUT2D eigenvalue weighted by Gasteiger charge is -2.47. The van der Waals surface area contributed by atoms with Crippen molar-refractivity contribution in [2.75, 3.05) is 20.2 Å². The molecule has 0 aromatic heterocycles. The van der Waals surface area contributed by atoms with Crippen molar-refractivity contribution in [1.29, 1.82) is 5.26 Å². The maximum absolute atomic E-state index is 9.18. The first-order valence-electron chi connectivity index (χ1n) is 7.57. The quantitative estimate of drug-likeness (QED) is 0.838. The maximum atomic E-state index is 9.18. The highest BCUT2D eigenvalue weighted by molar-refractivity contribution is 5.46. The highest BCUT2D eigenvalue weighted by Crippen LogP contribution is 2.45. The number of ether oxygens (including phenoxy) is 2. The number of hydrogen-bond donors (Lipinski definition) is 0. The van der Waals surface area contributed by atoms with Crippen molar-refractivity contribution in [2.24, 2.45) is 0 Å². The fourth-order valence-electron chi connectivity index (χ4n) is 3.65. The lowest BCUT2D eigenvalue weighted by Crippen LogP contribution is -2.54. The molecular formula is C17H22N2O2. The van der Waals surface area contributed by atoms with Gasteiger partial charge in [0.1, 0.15) is 17.5 Å². The number of nitriles is 1. The lowest BCUT2D eigenvalue weighted by atomic mass is 9.85. The first-order chi connectivity index (χ1) is 10.1. The molecule has 1 aromatic carbocycles. The Morgan fingerprint density at radius 2 is 2.05 bits per heavy atom.